The third kappa shape index (κ3) is 3.88. The highest BCUT2D eigenvalue weighted by molar-refractivity contribution is 7.10. The van der Waals surface area contributed by atoms with Gasteiger partial charge in [0, 0.05) is 39.6 Å². The zero-order valence-electron chi connectivity index (χ0n) is 21.2. The molecule has 1 aliphatic rings. The molecule has 8 heteroatoms. The number of carbonyl (C=O) groups is 1. The molecule has 6 rings (SSSR count). The number of nitrogens with zero attached hydrogens (tertiary/aromatic N) is 3. The number of para-hydroxylation sites is 1. The number of thiophene rings is 1. The molecular weight excluding hydrogens is 514 g/mol. The van der Waals surface area contributed by atoms with Crippen molar-refractivity contribution in [2.45, 2.75) is 19.9 Å². The number of rotatable bonds is 5. The van der Waals surface area contributed by atoms with E-state index in [4.69, 9.17) is 9.73 Å². The number of hydrogen-bond acceptors (Lipinski definition) is 6. The summed E-state index contributed by atoms with van der Waals surface area (Å²) in [5.74, 6) is -0.465. The van der Waals surface area contributed by atoms with E-state index in [-0.39, 0.29) is 12.2 Å². The van der Waals surface area contributed by atoms with Crippen molar-refractivity contribution in [2.75, 3.05) is 6.61 Å². The van der Waals surface area contributed by atoms with Crippen molar-refractivity contribution in [3.05, 3.63) is 119 Å². The second-order valence-electron chi connectivity index (χ2n) is 9.02. The number of aromatic nitrogens is 2. The fourth-order valence-corrected chi connectivity index (χ4v) is 6.83. The van der Waals surface area contributed by atoms with Gasteiger partial charge in [0.15, 0.2) is 4.80 Å². The molecule has 190 valence electrons. The van der Waals surface area contributed by atoms with Crippen LogP contribution < -0.4 is 14.9 Å². The molecular formula is C30H25N3O3S2. The lowest BCUT2D eigenvalue weighted by Gasteiger charge is -2.24. The van der Waals surface area contributed by atoms with Crippen molar-refractivity contribution < 1.29 is 9.53 Å². The van der Waals surface area contributed by atoms with E-state index < -0.39 is 12.0 Å². The molecule has 2 aromatic carbocycles. The first-order valence-electron chi connectivity index (χ1n) is 12.4. The van der Waals surface area contributed by atoms with Crippen LogP contribution in [0.1, 0.15) is 34.7 Å². The Morgan fingerprint density at radius 1 is 1.08 bits per heavy atom. The number of ether oxygens (including phenoxy) is 1. The molecule has 5 aromatic rings. The predicted octanol–water partition coefficient (Wildman–Crippen LogP) is 4.80. The van der Waals surface area contributed by atoms with Crippen molar-refractivity contribution in [1.29, 1.82) is 0 Å². The van der Waals surface area contributed by atoms with Gasteiger partial charge in [0.2, 0.25) is 0 Å². The lowest BCUT2D eigenvalue weighted by atomic mass is 9.97. The number of fused-ring (bicyclic) bond motifs is 2. The van der Waals surface area contributed by atoms with Crippen LogP contribution >= 0.6 is 22.7 Å². The summed E-state index contributed by atoms with van der Waals surface area (Å²) in [6, 6.07) is 21.0. The Bertz CT molecular complexity index is 1890. The van der Waals surface area contributed by atoms with Crippen LogP contribution in [0.4, 0.5) is 0 Å². The summed E-state index contributed by atoms with van der Waals surface area (Å²) in [6.07, 6.45) is 1.96. The molecule has 3 aromatic heterocycles. The standard InChI is InChI=1S/C30H25N3O3S2/c1-4-36-29(35)25-26(19-11-6-5-7-12-19)31-30-33(27(25)23-15-10-16-37-23)28(34)24(38-30)17-21-18(2)32(3)22-14-9-8-13-20(21)22/h5-17,27H,4H2,1-3H3/t27-/m0/s1. The Balaban J connectivity index is 1.66. The summed E-state index contributed by atoms with van der Waals surface area (Å²) in [4.78, 5) is 33.8. The summed E-state index contributed by atoms with van der Waals surface area (Å²) >= 11 is 2.85. The van der Waals surface area contributed by atoms with Crippen LogP contribution in [0.5, 0.6) is 0 Å². The minimum atomic E-state index is -0.628. The smallest absolute Gasteiger partial charge is 0.338 e. The first-order valence-corrected chi connectivity index (χ1v) is 14.0. The Labute approximate surface area is 227 Å². The van der Waals surface area contributed by atoms with Gasteiger partial charge in [0.1, 0.15) is 6.04 Å². The number of carbonyl (C=O) groups excluding carboxylic acids is 1. The van der Waals surface area contributed by atoms with Gasteiger partial charge in [-0.05, 0) is 37.4 Å². The van der Waals surface area contributed by atoms with Gasteiger partial charge in [0.05, 0.1) is 22.4 Å². The zero-order chi connectivity index (χ0) is 26.4. The molecule has 0 saturated carbocycles. The van der Waals surface area contributed by atoms with E-state index in [1.165, 1.54) is 22.7 Å². The second-order valence-corrected chi connectivity index (χ2v) is 11.0. The van der Waals surface area contributed by atoms with Gasteiger partial charge >= 0.3 is 5.97 Å². The van der Waals surface area contributed by atoms with Crippen molar-refractivity contribution >= 4 is 51.3 Å². The molecule has 4 heterocycles. The maximum Gasteiger partial charge on any atom is 0.338 e. The van der Waals surface area contributed by atoms with E-state index in [1.54, 1.807) is 11.5 Å². The Kier molecular flexibility index (Phi) is 6.21. The third-order valence-electron chi connectivity index (χ3n) is 6.91. The molecule has 1 atom stereocenters. The monoisotopic (exact) mass is 539 g/mol. The molecule has 0 fully saturated rings. The Morgan fingerprint density at radius 2 is 1.84 bits per heavy atom. The average molecular weight is 540 g/mol. The second kappa shape index (κ2) is 9.70. The molecule has 0 radical (unpaired) electrons. The Morgan fingerprint density at radius 3 is 2.58 bits per heavy atom. The molecule has 1 aliphatic heterocycles. The third-order valence-corrected chi connectivity index (χ3v) is 8.82. The number of aryl methyl sites for hydroxylation is 1. The fourth-order valence-electron chi connectivity index (χ4n) is 5.02. The largest absolute Gasteiger partial charge is 0.463 e. The van der Waals surface area contributed by atoms with E-state index in [9.17, 15) is 9.59 Å². The topological polar surface area (TPSA) is 65.6 Å². The van der Waals surface area contributed by atoms with Crippen LogP contribution in [0.2, 0.25) is 0 Å². The highest BCUT2D eigenvalue weighted by Gasteiger charge is 2.35. The molecule has 0 bridgehead atoms. The van der Waals surface area contributed by atoms with E-state index in [0.29, 0.717) is 20.6 Å². The maximum atomic E-state index is 14.1. The number of esters is 1. The molecule has 6 nitrogen and oxygen atoms in total. The van der Waals surface area contributed by atoms with Crippen LogP contribution in [0, 0.1) is 6.92 Å². The summed E-state index contributed by atoms with van der Waals surface area (Å²) < 4.78 is 9.87. The summed E-state index contributed by atoms with van der Waals surface area (Å²) in [5, 5.41) is 3.04. The first-order chi connectivity index (χ1) is 18.5. The molecule has 0 N–H and O–H groups in total. The summed E-state index contributed by atoms with van der Waals surface area (Å²) in [5.41, 5.74) is 4.74. The predicted molar refractivity (Wildman–Crippen MR) is 153 cm³/mol. The van der Waals surface area contributed by atoms with Crippen LogP contribution in [-0.2, 0) is 16.6 Å². The van der Waals surface area contributed by atoms with Gasteiger partial charge in [-0.25, -0.2) is 9.79 Å². The molecule has 38 heavy (non-hydrogen) atoms. The molecule has 0 amide bonds. The molecule has 0 spiro atoms. The quantitative estimate of drug-likeness (QED) is 0.302. The average Bonchev–Trinajstić information content (AvgIpc) is 3.64. The van der Waals surface area contributed by atoms with Gasteiger partial charge in [-0.1, -0.05) is 65.9 Å². The fraction of sp³-hybridized carbons (Fsp3) is 0.167. The zero-order valence-corrected chi connectivity index (χ0v) is 22.8. The first kappa shape index (κ1) is 24.3. The van der Waals surface area contributed by atoms with Crippen LogP contribution in [-0.4, -0.2) is 21.7 Å². The van der Waals surface area contributed by atoms with E-state index >= 15 is 0 Å². The molecule has 0 saturated heterocycles. The maximum absolute atomic E-state index is 14.1. The normalized spacial score (nSPS) is 15.6. The van der Waals surface area contributed by atoms with Gasteiger partial charge < -0.3 is 9.30 Å². The lowest BCUT2D eigenvalue weighted by Crippen LogP contribution is -2.39. The van der Waals surface area contributed by atoms with E-state index in [1.807, 2.05) is 73.1 Å². The summed E-state index contributed by atoms with van der Waals surface area (Å²) in [7, 11) is 2.03. The van der Waals surface area contributed by atoms with Crippen LogP contribution in [0.25, 0.3) is 22.7 Å². The van der Waals surface area contributed by atoms with Gasteiger partial charge in [0.25, 0.3) is 5.56 Å². The lowest BCUT2D eigenvalue weighted by molar-refractivity contribution is -0.138. The van der Waals surface area contributed by atoms with Crippen molar-refractivity contribution in [3.63, 3.8) is 0 Å². The van der Waals surface area contributed by atoms with Gasteiger partial charge in [-0.15, -0.1) is 11.3 Å². The number of hydrogen-bond donors (Lipinski definition) is 0. The van der Waals surface area contributed by atoms with Gasteiger partial charge in [-0.2, -0.15) is 0 Å². The molecule has 0 aliphatic carbocycles. The SMILES string of the molecule is CCOC(=O)C1=C(c2ccccc2)N=c2sc(=Cc3c(C)n(C)c4ccccc34)c(=O)n2[C@H]1c1cccs1. The van der Waals surface area contributed by atoms with Crippen LogP contribution in [0.3, 0.4) is 0 Å². The minimum Gasteiger partial charge on any atom is -0.463 e. The molecule has 0 unspecified atom stereocenters. The van der Waals surface area contributed by atoms with Gasteiger partial charge in [-0.3, -0.25) is 9.36 Å². The highest BCUT2D eigenvalue weighted by Crippen LogP contribution is 2.37. The van der Waals surface area contributed by atoms with E-state index in [2.05, 4.69) is 23.6 Å². The number of benzene rings is 2. The van der Waals surface area contributed by atoms with Crippen molar-refractivity contribution in [1.82, 2.24) is 9.13 Å². The minimum absolute atomic E-state index is 0.173. The summed E-state index contributed by atoms with van der Waals surface area (Å²) in [6.45, 7) is 4.07. The Hall–Kier alpha value is -4.01. The van der Waals surface area contributed by atoms with Crippen molar-refractivity contribution in [3.8, 4) is 0 Å². The van der Waals surface area contributed by atoms with E-state index in [0.717, 1.165) is 32.6 Å². The van der Waals surface area contributed by atoms with Crippen molar-refractivity contribution in [2.24, 2.45) is 12.0 Å². The van der Waals surface area contributed by atoms with Crippen LogP contribution in [0.15, 0.2) is 87.5 Å². The highest BCUT2D eigenvalue weighted by atomic mass is 32.1. The number of thiazole rings is 1.